The molecule has 0 amide bonds. The molecule has 0 radical (unpaired) electrons. The van der Waals surface area contributed by atoms with Crippen LogP contribution >= 0.6 is 0 Å². The summed E-state index contributed by atoms with van der Waals surface area (Å²) in [7, 11) is -1.99. The van der Waals surface area contributed by atoms with Crippen molar-refractivity contribution >= 4 is 20.9 Å². The third kappa shape index (κ3) is 2.85. The molecule has 2 aliphatic rings. The van der Waals surface area contributed by atoms with Crippen molar-refractivity contribution in [2.24, 2.45) is 7.05 Å². The number of fused-ring (bicyclic) bond motifs is 2. The molecule has 3 aromatic rings. The van der Waals surface area contributed by atoms with Crippen molar-refractivity contribution < 1.29 is 26.7 Å². The summed E-state index contributed by atoms with van der Waals surface area (Å²) < 4.78 is 64.5. The van der Waals surface area contributed by atoms with Crippen LogP contribution in [0.5, 0.6) is 11.5 Å². The molecule has 10 heteroatoms. The number of nitrogens with zero attached hydrogens (tertiary/aromatic N) is 3. The Hall–Kier alpha value is -2.75. The van der Waals surface area contributed by atoms with Crippen molar-refractivity contribution in [2.75, 3.05) is 5.75 Å². The Labute approximate surface area is 165 Å². The van der Waals surface area contributed by atoms with Gasteiger partial charge in [0.25, 0.3) is 0 Å². The van der Waals surface area contributed by atoms with Crippen LogP contribution < -0.4 is 9.47 Å². The van der Waals surface area contributed by atoms with Gasteiger partial charge in [-0.2, -0.15) is 0 Å². The third-order valence-electron chi connectivity index (χ3n) is 5.26. The zero-order valence-electron chi connectivity index (χ0n) is 15.6. The summed E-state index contributed by atoms with van der Waals surface area (Å²) in [4.78, 5) is 8.68. The van der Waals surface area contributed by atoms with E-state index < -0.39 is 16.1 Å². The molecule has 29 heavy (non-hydrogen) atoms. The topological polar surface area (TPSA) is 83.3 Å². The second-order valence-corrected chi connectivity index (χ2v) is 9.51. The van der Waals surface area contributed by atoms with Crippen LogP contribution in [-0.2, 0) is 16.9 Å². The maximum Gasteiger partial charge on any atom is 0.586 e. The Bertz CT molecular complexity index is 1270. The highest BCUT2D eigenvalue weighted by molar-refractivity contribution is 7.91. The minimum absolute atomic E-state index is 0.0106. The number of alkyl halides is 2. The quantitative estimate of drug-likeness (QED) is 0.640. The average Bonchev–Trinajstić information content (AvgIpc) is 3.39. The van der Waals surface area contributed by atoms with Crippen molar-refractivity contribution in [1.82, 2.24) is 14.5 Å². The molecule has 1 aliphatic heterocycles. The van der Waals surface area contributed by atoms with Crippen LogP contribution in [0.3, 0.4) is 0 Å². The number of hydrogen-bond acceptors (Lipinski definition) is 6. The van der Waals surface area contributed by atoms with Crippen LogP contribution in [0.1, 0.15) is 31.2 Å². The number of rotatable bonds is 4. The van der Waals surface area contributed by atoms with E-state index in [1.165, 1.54) is 19.3 Å². The first-order chi connectivity index (χ1) is 13.7. The van der Waals surface area contributed by atoms with Gasteiger partial charge in [0.15, 0.2) is 21.3 Å². The monoisotopic (exact) mass is 421 g/mol. The molecule has 0 bridgehead atoms. The van der Waals surface area contributed by atoms with E-state index in [-0.39, 0.29) is 39.3 Å². The summed E-state index contributed by atoms with van der Waals surface area (Å²) in [5.74, 6) is -0.318. The molecule has 3 heterocycles. The number of ether oxygens (including phenoxy) is 2. The summed E-state index contributed by atoms with van der Waals surface area (Å²) in [5, 5.41) is 0. The van der Waals surface area contributed by atoms with E-state index in [4.69, 9.17) is 4.74 Å². The highest BCUT2D eigenvalue weighted by Gasteiger charge is 2.46. The summed E-state index contributed by atoms with van der Waals surface area (Å²) >= 11 is 0. The van der Waals surface area contributed by atoms with Crippen LogP contribution in [-0.4, -0.2) is 35.0 Å². The van der Waals surface area contributed by atoms with Crippen molar-refractivity contribution in [1.29, 1.82) is 0 Å². The number of aryl methyl sites for hydroxylation is 1. The van der Waals surface area contributed by atoms with Crippen LogP contribution in [0.2, 0.25) is 0 Å². The zero-order chi connectivity index (χ0) is 20.6. The fraction of sp³-hybridized carbons (Fsp3) is 0.368. The van der Waals surface area contributed by atoms with Crippen molar-refractivity contribution in [3.8, 4) is 22.8 Å². The summed E-state index contributed by atoms with van der Waals surface area (Å²) in [6, 6.07) is 3.00. The Morgan fingerprint density at radius 1 is 1.24 bits per heavy atom. The van der Waals surface area contributed by atoms with Gasteiger partial charge in [0.2, 0.25) is 0 Å². The van der Waals surface area contributed by atoms with Crippen molar-refractivity contribution in [2.45, 2.75) is 36.9 Å². The third-order valence-corrected chi connectivity index (χ3v) is 7.00. The Kier molecular flexibility index (Phi) is 3.71. The molecular formula is C19H17F2N3O4S. The smallest absolute Gasteiger partial charge is 0.395 e. The minimum atomic E-state index is -3.85. The summed E-state index contributed by atoms with van der Waals surface area (Å²) in [6.07, 6.45) is 1.20. The number of pyridine rings is 1. The first-order valence-electron chi connectivity index (χ1n) is 9.17. The van der Waals surface area contributed by atoms with Gasteiger partial charge in [-0.3, -0.25) is 4.98 Å². The predicted molar refractivity (Wildman–Crippen MR) is 99.8 cm³/mol. The number of imidazole rings is 1. The molecule has 0 N–H and O–H groups in total. The largest absolute Gasteiger partial charge is 0.586 e. The Morgan fingerprint density at radius 2 is 2.00 bits per heavy atom. The van der Waals surface area contributed by atoms with Gasteiger partial charge in [0.05, 0.1) is 33.7 Å². The minimum Gasteiger partial charge on any atom is -0.395 e. The van der Waals surface area contributed by atoms with E-state index in [0.717, 1.165) is 18.4 Å². The molecule has 0 unspecified atom stereocenters. The lowest BCUT2D eigenvalue weighted by atomic mass is 10.1. The lowest BCUT2D eigenvalue weighted by molar-refractivity contribution is -0.286. The number of sulfone groups is 1. The van der Waals surface area contributed by atoms with E-state index in [0.29, 0.717) is 11.0 Å². The lowest BCUT2D eigenvalue weighted by Gasteiger charge is -2.13. The Balaban J connectivity index is 1.85. The van der Waals surface area contributed by atoms with Gasteiger partial charge in [-0.05, 0) is 30.4 Å². The number of benzene rings is 1. The second-order valence-electron chi connectivity index (χ2n) is 7.26. The Morgan fingerprint density at radius 3 is 2.69 bits per heavy atom. The molecule has 152 valence electrons. The maximum absolute atomic E-state index is 13.9. The molecular weight excluding hydrogens is 404 g/mol. The van der Waals surface area contributed by atoms with E-state index in [1.807, 2.05) is 0 Å². The van der Waals surface area contributed by atoms with E-state index in [1.54, 1.807) is 23.9 Å². The van der Waals surface area contributed by atoms with Gasteiger partial charge >= 0.3 is 6.29 Å². The molecule has 1 aromatic carbocycles. The van der Waals surface area contributed by atoms with E-state index in [2.05, 4.69) is 14.7 Å². The van der Waals surface area contributed by atoms with Gasteiger partial charge in [0, 0.05) is 19.3 Å². The molecule has 1 fully saturated rings. The normalized spacial score (nSPS) is 17.8. The van der Waals surface area contributed by atoms with Gasteiger partial charge in [0.1, 0.15) is 5.52 Å². The number of hydrogen-bond donors (Lipinski definition) is 0. The highest BCUT2D eigenvalue weighted by Crippen LogP contribution is 2.51. The van der Waals surface area contributed by atoms with E-state index in [9.17, 15) is 17.2 Å². The number of halogens is 2. The summed E-state index contributed by atoms with van der Waals surface area (Å²) in [5.41, 5.74) is 1.76. The van der Waals surface area contributed by atoms with Crippen LogP contribution in [0, 0.1) is 0 Å². The average molecular weight is 421 g/mol. The molecule has 5 rings (SSSR count). The molecule has 1 saturated carbocycles. The molecule has 7 nitrogen and oxygen atoms in total. The van der Waals surface area contributed by atoms with Gasteiger partial charge in [-0.15, -0.1) is 8.78 Å². The summed E-state index contributed by atoms with van der Waals surface area (Å²) in [6.45, 7) is 1.53. The predicted octanol–water partition coefficient (Wildman–Crippen LogP) is 3.63. The SMILES string of the molecule is CCS(=O)(=O)c1cc(C2CC2)cnc1-c1c2c(cc3c1ncn3C)OC(F)(F)O2. The maximum atomic E-state index is 13.9. The molecule has 2 aromatic heterocycles. The fourth-order valence-corrected chi connectivity index (χ4v) is 4.64. The van der Waals surface area contributed by atoms with Crippen molar-refractivity contribution in [3.63, 3.8) is 0 Å². The second kappa shape index (κ2) is 5.88. The van der Waals surface area contributed by atoms with Gasteiger partial charge < -0.3 is 14.0 Å². The molecule has 0 spiro atoms. The van der Waals surface area contributed by atoms with Crippen LogP contribution in [0.4, 0.5) is 8.78 Å². The van der Waals surface area contributed by atoms with Crippen LogP contribution in [0.25, 0.3) is 22.3 Å². The fourth-order valence-electron chi connectivity index (χ4n) is 3.57. The van der Waals surface area contributed by atoms with E-state index >= 15 is 0 Å². The number of aromatic nitrogens is 3. The van der Waals surface area contributed by atoms with Crippen LogP contribution in [0.15, 0.2) is 29.6 Å². The molecule has 0 atom stereocenters. The van der Waals surface area contributed by atoms with Gasteiger partial charge in [-0.25, -0.2) is 13.4 Å². The zero-order valence-corrected chi connectivity index (χ0v) is 16.5. The first kappa shape index (κ1) is 18.3. The van der Waals surface area contributed by atoms with Crippen molar-refractivity contribution in [3.05, 3.63) is 30.2 Å². The molecule has 1 aliphatic carbocycles. The molecule has 0 saturated heterocycles. The first-order valence-corrected chi connectivity index (χ1v) is 10.8. The van der Waals surface area contributed by atoms with Gasteiger partial charge in [-0.1, -0.05) is 6.92 Å². The lowest BCUT2D eigenvalue weighted by Crippen LogP contribution is -2.26. The highest BCUT2D eigenvalue weighted by atomic mass is 32.2. The standard InChI is InChI=1S/C19H17F2N3O4S/c1-3-29(25,26)14-6-11(10-4-5-10)8-22-17(14)15-16-12(24(2)9-23-16)7-13-18(15)28-19(20,21)27-13/h6-10H,3-5H2,1-2H3.